The van der Waals surface area contributed by atoms with Crippen molar-refractivity contribution in [1.29, 1.82) is 0 Å². The summed E-state index contributed by atoms with van der Waals surface area (Å²) in [5, 5.41) is 7.03. The Kier molecular flexibility index (Phi) is 3.91. The number of benzene rings is 1. The summed E-state index contributed by atoms with van der Waals surface area (Å²) in [5.41, 5.74) is 6.40. The van der Waals surface area contributed by atoms with Crippen LogP contribution in [0.2, 0.25) is 0 Å². The molecule has 6 nitrogen and oxygen atoms in total. The Morgan fingerprint density at radius 3 is 2.68 bits per heavy atom. The highest BCUT2D eigenvalue weighted by Crippen LogP contribution is 2.18. The fourth-order valence-electron chi connectivity index (χ4n) is 1.61. The first-order valence-electron chi connectivity index (χ1n) is 6.00. The standard InChI is InChI=1S/C13H16N4O2/c1-8(15-2)7-11-16-13(19-17-11)10-5-3-9(4-6-10)12(14)18/h3-6,8,15H,7H2,1-2H3,(H2,14,18). The van der Waals surface area contributed by atoms with Crippen molar-refractivity contribution in [3.63, 3.8) is 0 Å². The fourth-order valence-corrected chi connectivity index (χ4v) is 1.61. The van der Waals surface area contributed by atoms with Crippen LogP contribution in [0, 0.1) is 0 Å². The Hall–Kier alpha value is -2.21. The number of nitrogens with zero attached hydrogens (tertiary/aromatic N) is 2. The number of amides is 1. The van der Waals surface area contributed by atoms with Gasteiger partial charge in [-0.05, 0) is 38.2 Å². The number of nitrogens with two attached hydrogens (primary N) is 1. The Labute approximate surface area is 111 Å². The van der Waals surface area contributed by atoms with Gasteiger partial charge in [-0.2, -0.15) is 4.98 Å². The number of hydrogen-bond acceptors (Lipinski definition) is 5. The quantitative estimate of drug-likeness (QED) is 0.836. The number of hydrogen-bond donors (Lipinski definition) is 2. The van der Waals surface area contributed by atoms with Gasteiger partial charge < -0.3 is 15.6 Å². The van der Waals surface area contributed by atoms with Crippen LogP contribution in [0.1, 0.15) is 23.1 Å². The molecule has 1 atom stereocenters. The number of likely N-dealkylation sites (N-methyl/N-ethyl adjacent to an activating group) is 1. The van der Waals surface area contributed by atoms with Gasteiger partial charge in [-0.3, -0.25) is 4.79 Å². The third-order valence-electron chi connectivity index (χ3n) is 2.87. The predicted molar refractivity (Wildman–Crippen MR) is 70.5 cm³/mol. The summed E-state index contributed by atoms with van der Waals surface area (Å²) in [7, 11) is 1.88. The molecule has 0 saturated heterocycles. The van der Waals surface area contributed by atoms with Gasteiger partial charge in [0, 0.05) is 23.6 Å². The minimum atomic E-state index is -0.458. The maximum Gasteiger partial charge on any atom is 0.257 e. The van der Waals surface area contributed by atoms with E-state index in [4.69, 9.17) is 10.3 Å². The lowest BCUT2D eigenvalue weighted by molar-refractivity contribution is 0.100. The highest BCUT2D eigenvalue weighted by molar-refractivity contribution is 5.93. The van der Waals surface area contributed by atoms with E-state index in [0.717, 1.165) is 5.56 Å². The Morgan fingerprint density at radius 1 is 1.42 bits per heavy atom. The molecule has 1 aromatic carbocycles. The largest absolute Gasteiger partial charge is 0.366 e. The maximum atomic E-state index is 11.0. The number of nitrogens with one attached hydrogen (secondary N) is 1. The zero-order valence-corrected chi connectivity index (χ0v) is 10.9. The molecule has 0 saturated carbocycles. The topological polar surface area (TPSA) is 94.0 Å². The lowest BCUT2D eigenvalue weighted by atomic mass is 10.1. The van der Waals surface area contributed by atoms with Crippen LogP contribution in [-0.2, 0) is 6.42 Å². The van der Waals surface area contributed by atoms with Crippen molar-refractivity contribution >= 4 is 5.91 Å². The van der Waals surface area contributed by atoms with Gasteiger partial charge in [0.2, 0.25) is 5.91 Å². The number of aromatic nitrogens is 2. The minimum absolute atomic E-state index is 0.280. The van der Waals surface area contributed by atoms with Crippen LogP contribution in [0.25, 0.3) is 11.5 Å². The van der Waals surface area contributed by atoms with E-state index in [1.165, 1.54) is 0 Å². The van der Waals surface area contributed by atoms with Crippen molar-refractivity contribution in [1.82, 2.24) is 15.5 Å². The second kappa shape index (κ2) is 5.62. The van der Waals surface area contributed by atoms with E-state index in [1.807, 2.05) is 14.0 Å². The van der Waals surface area contributed by atoms with E-state index in [-0.39, 0.29) is 6.04 Å². The lowest BCUT2D eigenvalue weighted by Crippen LogP contribution is -2.24. The van der Waals surface area contributed by atoms with Crippen molar-refractivity contribution in [2.75, 3.05) is 7.05 Å². The van der Waals surface area contributed by atoms with Crippen LogP contribution < -0.4 is 11.1 Å². The number of carbonyl (C=O) groups excluding carboxylic acids is 1. The Balaban J connectivity index is 2.16. The molecule has 0 aliphatic heterocycles. The first-order valence-corrected chi connectivity index (χ1v) is 6.00. The van der Waals surface area contributed by atoms with Crippen LogP contribution in [0.5, 0.6) is 0 Å². The molecule has 1 heterocycles. The summed E-state index contributed by atoms with van der Waals surface area (Å²) in [4.78, 5) is 15.3. The summed E-state index contributed by atoms with van der Waals surface area (Å²) < 4.78 is 5.19. The van der Waals surface area contributed by atoms with Gasteiger partial charge in [0.05, 0.1) is 0 Å². The lowest BCUT2D eigenvalue weighted by Gasteiger charge is -2.04. The van der Waals surface area contributed by atoms with Gasteiger partial charge in [-0.1, -0.05) is 5.16 Å². The molecule has 0 aliphatic rings. The van der Waals surface area contributed by atoms with Gasteiger partial charge in [0.15, 0.2) is 5.82 Å². The molecule has 6 heteroatoms. The summed E-state index contributed by atoms with van der Waals surface area (Å²) in [6.45, 7) is 2.04. The molecular weight excluding hydrogens is 244 g/mol. The zero-order chi connectivity index (χ0) is 13.8. The van der Waals surface area contributed by atoms with Crippen molar-refractivity contribution < 1.29 is 9.32 Å². The summed E-state index contributed by atoms with van der Waals surface area (Å²) in [6, 6.07) is 7.02. The Bertz CT molecular complexity index is 562. The second-order valence-corrected chi connectivity index (χ2v) is 4.35. The highest BCUT2D eigenvalue weighted by Gasteiger charge is 2.11. The van der Waals surface area contributed by atoms with Gasteiger partial charge in [-0.15, -0.1) is 0 Å². The maximum absolute atomic E-state index is 11.0. The average Bonchev–Trinajstić information content (AvgIpc) is 2.87. The molecule has 0 radical (unpaired) electrons. The zero-order valence-electron chi connectivity index (χ0n) is 10.9. The van der Waals surface area contributed by atoms with Gasteiger partial charge in [-0.25, -0.2) is 0 Å². The number of rotatable bonds is 5. The van der Waals surface area contributed by atoms with E-state index < -0.39 is 5.91 Å². The predicted octanol–water partition coefficient (Wildman–Crippen LogP) is 0.986. The van der Waals surface area contributed by atoms with Crippen LogP contribution in [-0.4, -0.2) is 29.1 Å². The molecule has 3 N–H and O–H groups in total. The molecule has 1 amide bonds. The summed E-state index contributed by atoms with van der Waals surface area (Å²) >= 11 is 0. The normalized spacial score (nSPS) is 12.3. The molecular formula is C13H16N4O2. The average molecular weight is 260 g/mol. The fraction of sp³-hybridized carbons (Fsp3) is 0.308. The molecule has 1 unspecified atom stereocenters. The van der Waals surface area contributed by atoms with E-state index in [2.05, 4.69) is 15.5 Å². The van der Waals surface area contributed by atoms with Crippen molar-refractivity contribution in [2.45, 2.75) is 19.4 Å². The van der Waals surface area contributed by atoms with Crippen molar-refractivity contribution in [2.24, 2.45) is 5.73 Å². The van der Waals surface area contributed by atoms with Gasteiger partial charge in [0.25, 0.3) is 5.89 Å². The van der Waals surface area contributed by atoms with E-state index in [1.54, 1.807) is 24.3 Å². The monoisotopic (exact) mass is 260 g/mol. The Morgan fingerprint density at radius 2 is 2.11 bits per heavy atom. The third kappa shape index (κ3) is 3.17. The van der Waals surface area contributed by atoms with Crippen LogP contribution in [0.15, 0.2) is 28.8 Å². The van der Waals surface area contributed by atoms with Crippen LogP contribution in [0.3, 0.4) is 0 Å². The van der Waals surface area contributed by atoms with Crippen molar-refractivity contribution in [3.05, 3.63) is 35.7 Å². The second-order valence-electron chi connectivity index (χ2n) is 4.35. The molecule has 2 aromatic rings. The number of carbonyl (C=O) groups is 1. The first kappa shape index (κ1) is 13.2. The smallest absolute Gasteiger partial charge is 0.257 e. The molecule has 0 bridgehead atoms. The summed E-state index contributed by atoms with van der Waals surface area (Å²) in [6.07, 6.45) is 0.694. The van der Waals surface area contributed by atoms with Crippen molar-refractivity contribution in [3.8, 4) is 11.5 Å². The molecule has 19 heavy (non-hydrogen) atoms. The minimum Gasteiger partial charge on any atom is -0.366 e. The molecule has 0 aliphatic carbocycles. The van der Waals surface area contributed by atoms with E-state index in [0.29, 0.717) is 23.7 Å². The number of primary amides is 1. The van der Waals surface area contributed by atoms with E-state index in [9.17, 15) is 4.79 Å². The van der Waals surface area contributed by atoms with Gasteiger partial charge in [0.1, 0.15) is 0 Å². The molecule has 0 fully saturated rings. The molecule has 100 valence electrons. The molecule has 2 rings (SSSR count). The van der Waals surface area contributed by atoms with Crippen LogP contribution >= 0.6 is 0 Å². The van der Waals surface area contributed by atoms with Crippen LogP contribution in [0.4, 0.5) is 0 Å². The third-order valence-corrected chi connectivity index (χ3v) is 2.87. The van der Waals surface area contributed by atoms with Gasteiger partial charge >= 0.3 is 0 Å². The molecule has 1 aromatic heterocycles. The SMILES string of the molecule is CNC(C)Cc1noc(-c2ccc(C(N)=O)cc2)n1. The highest BCUT2D eigenvalue weighted by atomic mass is 16.5. The molecule has 0 spiro atoms. The first-order chi connectivity index (χ1) is 9.10. The summed E-state index contributed by atoms with van der Waals surface area (Å²) in [5.74, 6) is 0.630. The van der Waals surface area contributed by atoms with E-state index >= 15 is 0 Å².